The van der Waals surface area contributed by atoms with Crippen molar-refractivity contribution < 1.29 is 0 Å². The lowest BCUT2D eigenvalue weighted by Crippen LogP contribution is -2.22. The summed E-state index contributed by atoms with van der Waals surface area (Å²) in [6.45, 7) is 2.28. The van der Waals surface area contributed by atoms with Crippen molar-refractivity contribution >= 4 is 5.69 Å². The second-order valence-electron chi connectivity index (χ2n) is 4.54. The van der Waals surface area contributed by atoms with Gasteiger partial charge in [-0.25, -0.2) is 0 Å². The average molecular weight is 206 g/mol. The van der Waals surface area contributed by atoms with Gasteiger partial charge < -0.3 is 10.3 Å². The Balaban J connectivity index is 2.28. The fourth-order valence-corrected chi connectivity index (χ4v) is 2.46. The first kappa shape index (κ1) is 10.3. The highest BCUT2D eigenvalue weighted by Crippen LogP contribution is 2.33. The van der Waals surface area contributed by atoms with Gasteiger partial charge in [-0.15, -0.1) is 0 Å². The Morgan fingerprint density at radius 3 is 2.80 bits per heavy atom. The molecule has 0 aromatic carbocycles. The van der Waals surface area contributed by atoms with Crippen LogP contribution in [0.2, 0.25) is 0 Å². The third kappa shape index (κ3) is 2.06. The third-order valence-electron chi connectivity index (χ3n) is 3.42. The summed E-state index contributed by atoms with van der Waals surface area (Å²) in [5.74, 6) is 0.681. The number of nitrogen functional groups attached to an aromatic ring is 1. The largest absolute Gasteiger partial charge is 0.394 e. The van der Waals surface area contributed by atoms with Crippen molar-refractivity contribution in [2.24, 2.45) is 5.92 Å². The van der Waals surface area contributed by atoms with Gasteiger partial charge in [0, 0.05) is 24.5 Å². The zero-order valence-corrected chi connectivity index (χ0v) is 9.15. The topological polar surface area (TPSA) is 48.0 Å². The molecule has 0 bridgehead atoms. The number of anilines is 1. The lowest BCUT2D eigenvalue weighted by molar-refractivity contribution is 0.256. The van der Waals surface area contributed by atoms with E-state index in [2.05, 4.69) is 11.5 Å². The first-order valence-electron chi connectivity index (χ1n) is 5.66. The van der Waals surface area contributed by atoms with E-state index >= 15 is 0 Å². The van der Waals surface area contributed by atoms with Gasteiger partial charge in [-0.2, -0.15) is 0 Å². The van der Waals surface area contributed by atoms with Gasteiger partial charge in [0.15, 0.2) is 0 Å². The van der Waals surface area contributed by atoms with E-state index in [0.29, 0.717) is 17.6 Å². The van der Waals surface area contributed by atoms with Crippen LogP contribution in [0.3, 0.4) is 0 Å². The summed E-state index contributed by atoms with van der Waals surface area (Å²) in [6.07, 6.45) is 8.73. The number of aromatic nitrogens is 1. The predicted octanol–water partition coefficient (Wildman–Crippen LogP) is 2.18. The molecular weight excluding hydrogens is 188 g/mol. The molecular formula is C12H18N2O. The average Bonchev–Trinajstić information content (AvgIpc) is 2.23. The highest BCUT2D eigenvalue weighted by Gasteiger charge is 2.21. The van der Waals surface area contributed by atoms with Gasteiger partial charge in [-0.05, 0) is 18.8 Å². The molecule has 3 heteroatoms. The molecule has 82 valence electrons. The zero-order chi connectivity index (χ0) is 10.8. The Hall–Kier alpha value is -1.25. The molecule has 1 aliphatic carbocycles. The maximum Gasteiger partial charge on any atom is 0.204 e. The van der Waals surface area contributed by atoms with Gasteiger partial charge >= 0.3 is 0 Å². The van der Waals surface area contributed by atoms with Crippen molar-refractivity contribution in [2.75, 3.05) is 5.73 Å². The Morgan fingerprint density at radius 2 is 2.13 bits per heavy atom. The van der Waals surface area contributed by atoms with Gasteiger partial charge in [0.2, 0.25) is 5.43 Å². The Bertz CT molecular complexity index is 397. The standard InChI is InChI=1S/C12H18N2O/c1-9-4-2-3-5-11(9)14-7-6-12(15)10(13)8-14/h6-9,11H,2-5,13H2,1H3. The normalized spacial score (nSPS) is 26.5. The molecule has 3 nitrogen and oxygen atoms in total. The van der Waals surface area contributed by atoms with Crippen LogP contribution >= 0.6 is 0 Å². The van der Waals surface area contributed by atoms with Crippen LogP contribution in [-0.4, -0.2) is 4.57 Å². The molecule has 2 N–H and O–H groups in total. The van der Waals surface area contributed by atoms with Crippen LogP contribution in [0.25, 0.3) is 0 Å². The molecule has 0 radical (unpaired) electrons. The van der Waals surface area contributed by atoms with Gasteiger partial charge in [-0.1, -0.05) is 19.8 Å². The molecule has 1 fully saturated rings. The molecule has 2 unspecified atom stereocenters. The lowest BCUT2D eigenvalue weighted by Gasteiger charge is -2.31. The zero-order valence-electron chi connectivity index (χ0n) is 9.15. The molecule has 15 heavy (non-hydrogen) atoms. The van der Waals surface area contributed by atoms with Crippen LogP contribution in [0.1, 0.15) is 38.6 Å². The minimum absolute atomic E-state index is 0.0743. The quantitative estimate of drug-likeness (QED) is 0.765. The summed E-state index contributed by atoms with van der Waals surface area (Å²) in [6, 6.07) is 2.08. The maximum absolute atomic E-state index is 11.2. The highest BCUT2D eigenvalue weighted by molar-refractivity contribution is 5.33. The summed E-state index contributed by atoms with van der Waals surface area (Å²) in [5.41, 5.74) is 5.92. The van der Waals surface area contributed by atoms with E-state index in [9.17, 15) is 4.79 Å². The molecule has 1 saturated carbocycles. The number of hydrogen-bond acceptors (Lipinski definition) is 2. The monoisotopic (exact) mass is 206 g/mol. The van der Waals surface area contributed by atoms with E-state index in [1.807, 2.05) is 6.20 Å². The minimum Gasteiger partial charge on any atom is -0.394 e. The predicted molar refractivity (Wildman–Crippen MR) is 61.8 cm³/mol. The number of hydrogen-bond donors (Lipinski definition) is 1. The smallest absolute Gasteiger partial charge is 0.204 e. The van der Waals surface area contributed by atoms with E-state index < -0.39 is 0 Å². The number of nitrogens with zero attached hydrogens (tertiary/aromatic N) is 1. The first-order chi connectivity index (χ1) is 7.18. The van der Waals surface area contributed by atoms with E-state index in [4.69, 9.17) is 5.73 Å². The van der Waals surface area contributed by atoms with Crippen molar-refractivity contribution in [1.82, 2.24) is 4.57 Å². The van der Waals surface area contributed by atoms with Crippen LogP contribution in [0.15, 0.2) is 23.3 Å². The van der Waals surface area contributed by atoms with Crippen molar-refractivity contribution in [3.63, 3.8) is 0 Å². The van der Waals surface area contributed by atoms with Gasteiger partial charge in [-0.3, -0.25) is 4.79 Å². The summed E-state index contributed by atoms with van der Waals surface area (Å²) in [4.78, 5) is 11.2. The van der Waals surface area contributed by atoms with E-state index in [1.165, 1.54) is 25.7 Å². The van der Waals surface area contributed by atoms with Gasteiger partial charge in [0.05, 0.1) is 5.69 Å². The molecule has 1 aromatic rings. The lowest BCUT2D eigenvalue weighted by atomic mass is 9.86. The number of pyridine rings is 1. The first-order valence-corrected chi connectivity index (χ1v) is 5.66. The molecule has 1 aliphatic rings. The van der Waals surface area contributed by atoms with Crippen molar-refractivity contribution in [3.05, 3.63) is 28.7 Å². The van der Waals surface area contributed by atoms with Crippen LogP contribution in [0, 0.1) is 5.92 Å². The van der Waals surface area contributed by atoms with E-state index in [-0.39, 0.29) is 5.43 Å². The van der Waals surface area contributed by atoms with Gasteiger partial charge in [0.1, 0.15) is 0 Å². The molecule has 0 spiro atoms. The molecule has 1 aromatic heterocycles. The van der Waals surface area contributed by atoms with Crippen LogP contribution in [-0.2, 0) is 0 Å². The second-order valence-corrected chi connectivity index (χ2v) is 4.54. The molecule has 2 rings (SSSR count). The SMILES string of the molecule is CC1CCCCC1n1ccc(=O)c(N)c1. The summed E-state index contributed by atoms with van der Waals surface area (Å²) in [5, 5.41) is 0. The summed E-state index contributed by atoms with van der Waals surface area (Å²) in [7, 11) is 0. The van der Waals surface area contributed by atoms with Crippen molar-refractivity contribution in [1.29, 1.82) is 0 Å². The maximum atomic E-state index is 11.2. The highest BCUT2D eigenvalue weighted by atomic mass is 16.1. The number of nitrogens with two attached hydrogens (primary N) is 1. The number of rotatable bonds is 1. The molecule has 2 atom stereocenters. The Morgan fingerprint density at radius 1 is 1.40 bits per heavy atom. The van der Waals surface area contributed by atoms with Crippen LogP contribution < -0.4 is 11.2 Å². The van der Waals surface area contributed by atoms with E-state index in [1.54, 1.807) is 12.3 Å². The minimum atomic E-state index is -0.0743. The third-order valence-corrected chi connectivity index (χ3v) is 3.42. The molecule has 0 amide bonds. The fraction of sp³-hybridized carbons (Fsp3) is 0.583. The fourth-order valence-electron chi connectivity index (χ4n) is 2.46. The van der Waals surface area contributed by atoms with Crippen molar-refractivity contribution in [2.45, 2.75) is 38.6 Å². The van der Waals surface area contributed by atoms with Crippen LogP contribution in [0.4, 0.5) is 5.69 Å². The summed E-state index contributed by atoms with van der Waals surface area (Å²) >= 11 is 0. The Kier molecular flexibility index (Phi) is 2.80. The van der Waals surface area contributed by atoms with Gasteiger partial charge in [0.25, 0.3) is 0 Å². The van der Waals surface area contributed by atoms with Crippen LogP contribution in [0.5, 0.6) is 0 Å². The van der Waals surface area contributed by atoms with Crippen molar-refractivity contribution in [3.8, 4) is 0 Å². The summed E-state index contributed by atoms with van der Waals surface area (Å²) < 4.78 is 2.11. The molecule has 0 saturated heterocycles. The van der Waals surface area contributed by atoms with E-state index in [0.717, 1.165) is 0 Å². The molecule has 1 heterocycles. The Labute approximate surface area is 89.9 Å². The molecule has 0 aliphatic heterocycles. The second kappa shape index (κ2) is 4.09.